The van der Waals surface area contributed by atoms with Crippen LogP contribution in [-0.2, 0) is 4.79 Å². The van der Waals surface area contributed by atoms with Crippen molar-refractivity contribution in [3.8, 4) is 0 Å². The van der Waals surface area contributed by atoms with Gasteiger partial charge in [0.1, 0.15) is 0 Å². The van der Waals surface area contributed by atoms with E-state index in [4.69, 9.17) is 0 Å². The van der Waals surface area contributed by atoms with E-state index in [0.717, 1.165) is 29.5 Å². The molecule has 5 nitrogen and oxygen atoms in total. The molecule has 84 valence electrons. The lowest BCUT2D eigenvalue weighted by atomic mass is 10.3. The van der Waals surface area contributed by atoms with Crippen LogP contribution in [0.1, 0.15) is 12.8 Å². The minimum atomic E-state index is -0.655. The molecule has 2 aliphatic rings. The summed E-state index contributed by atoms with van der Waals surface area (Å²) in [5, 5.41) is 12.5. The molecule has 2 rings (SSSR count). The van der Waals surface area contributed by atoms with Gasteiger partial charge in [-0.2, -0.15) is 0 Å². The zero-order valence-electron chi connectivity index (χ0n) is 8.31. The summed E-state index contributed by atoms with van der Waals surface area (Å²) < 4.78 is 0. The number of amides is 2. The van der Waals surface area contributed by atoms with Crippen molar-refractivity contribution in [2.45, 2.75) is 25.0 Å². The lowest BCUT2D eigenvalue weighted by Crippen LogP contribution is -2.41. The minimum Gasteiger partial charge on any atom is -0.390 e. The van der Waals surface area contributed by atoms with E-state index in [9.17, 15) is 14.7 Å². The van der Waals surface area contributed by atoms with E-state index in [1.807, 2.05) is 0 Å². The third kappa shape index (κ3) is 2.93. The van der Waals surface area contributed by atoms with Crippen LogP contribution >= 0.6 is 11.8 Å². The Bertz CT molecular complexity index is 265. The van der Waals surface area contributed by atoms with Crippen molar-refractivity contribution in [2.24, 2.45) is 0 Å². The Labute approximate surface area is 92.2 Å². The summed E-state index contributed by atoms with van der Waals surface area (Å²) in [7, 11) is 0. The summed E-state index contributed by atoms with van der Waals surface area (Å²) >= 11 is 0.998. The summed E-state index contributed by atoms with van der Waals surface area (Å²) in [6.45, 7) is 0.566. The molecule has 0 spiro atoms. The molecule has 2 fully saturated rings. The fourth-order valence-electron chi connectivity index (χ4n) is 1.42. The molecule has 2 N–H and O–H groups in total. The Morgan fingerprint density at radius 2 is 2.27 bits per heavy atom. The van der Waals surface area contributed by atoms with Crippen molar-refractivity contribution in [1.29, 1.82) is 0 Å². The van der Waals surface area contributed by atoms with E-state index in [2.05, 4.69) is 5.32 Å². The maximum absolute atomic E-state index is 11.2. The van der Waals surface area contributed by atoms with Crippen LogP contribution in [0.2, 0.25) is 0 Å². The number of aliphatic hydroxyl groups excluding tert-OH is 1. The van der Waals surface area contributed by atoms with Crippen LogP contribution in [0.15, 0.2) is 0 Å². The second kappa shape index (κ2) is 4.51. The number of hydrogen-bond acceptors (Lipinski definition) is 5. The van der Waals surface area contributed by atoms with Gasteiger partial charge in [-0.15, -0.1) is 0 Å². The number of aliphatic hydroxyl groups is 1. The Morgan fingerprint density at radius 1 is 1.53 bits per heavy atom. The fraction of sp³-hybridized carbons (Fsp3) is 0.778. The summed E-state index contributed by atoms with van der Waals surface area (Å²) in [5.74, 6) is 0.0113. The molecule has 1 unspecified atom stereocenters. The number of β-amino-alcohol motifs (C(OH)–C–C–N with tert-alkyl or cyclic N) is 1. The van der Waals surface area contributed by atoms with Crippen molar-refractivity contribution in [3.63, 3.8) is 0 Å². The molecule has 1 saturated carbocycles. The number of nitrogens with one attached hydrogen (secondary N) is 1. The second-order valence-electron chi connectivity index (χ2n) is 3.90. The van der Waals surface area contributed by atoms with Gasteiger partial charge in [0.05, 0.1) is 18.4 Å². The van der Waals surface area contributed by atoms with Gasteiger partial charge in [-0.1, -0.05) is 11.8 Å². The van der Waals surface area contributed by atoms with Gasteiger partial charge in [-0.3, -0.25) is 14.5 Å². The van der Waals surface area contributed by atoms with E-state index in [-0.39, 0.29) is 23.4 Å². The molecule has 15 heavy (non-hydrogen) atoms. The van der Waals surface area contributed by atoms with Crippen LogP contribution in [0, 0.1) is 0 Å². The highest BCUT2D eigenvalue weighted by Gasteiger charge is 2.31. The number of carbonyl (C=O) groups is 2. The molecular weight excluding hydrogens is 216 g/mol. The first kappa shape index (κ1) is 10.9. The van der Waals surface area contributed by atoms with Crippen LogP contribution in [0.5, 0.6) is 0 Å². The lowest BCUT2D eigenvalue weighted by molar-refractivity contribution is -0.125. The topological polar surface area (TPSA) is 69.6 Å². The molecule has 1 aliphatic carbocycles. The van der Waals surface area contributed by atoms with Gasteiger partial charge in [0.2, 0.25) is 5.91 Å². The van der Waals surface area contributed by atoms with Gasteiger partial charge in [0.15, 0.2) is 0 Å². The zero-order valence-corrected chi connectivity index (χ0v) is 9.13. The van der Waals surface area contributed by atoms with Crippen molar-refractivity contribution in [2.75, 3.05) is 18.8 Å². The van der Waals surface area contributed by atoms with E-state index in [1.165, 1.54) is 0 Å². The highest BCUT2D eigenvalue weighted by Crippen LogP contribution is 2.20. The predicted molar refractivity (Wildman–Crippen MR) is 56.6 cm³/mol. The van der Waals surface area contributed by atoms with E-state index < -0.39 is 6.10 Å². The van der Waals surface area contributed by atoms with Crippen LogP contribution < -0.4 is 5.32 Å². The maximum Gasteiger partial charge on any atom is 0.288 e. The molecule has 0 radical (unpaired) electrons. The average Bonchev–Trinajstić information content (AvgIpc) is 2.98. The van der Waals surface area contributed by atoms with Gasteiger partial charge in [0.25, 0.3) is 5.24 Å². The molecule has 0 aromatic rings. The summed E-state index contributed by atoms with van der Waals surface area (Å²) in [6.07, 6.45) is 1.66. The van der Waals surface area contributed by atoms with Crippen LogP contribution in [0.25, 0.3) is 0 Å². The second-order valence-corrected chi connectivity index (χ2v) is 4.82. The van der Waals surface area contributed by atoms with E-state index in [1.54, 1.807) is 0 Å². The first-order valence-electron chi connectivity index (χ1n) is 5.05. The normalized spacial score (nSPS) is 23.7. The standard InChI is InChI=1S/C9H14N2O3S/c12-7(3-10-6-1-2-6)4-11-8(13)5-15-9(11)14/h6-7,10,12H,1-5H2. The largest absolute Gasteiger partial charge is 0.390 e. The summed E-state index contributed by atoms with van der Waals surface area (Å²) in [5.41, 5.74) is 0. The molecule has 0 aromatic carbocycles. The smallest absolute Gasteiger partial charge is 0.288 e. The molecule has 2 amide bonds. The van der Waals surface area contributed by atoms with Gasteiger partial charge in [-0.05, 0) is 12.8 Å². The summed E-state index contributed by atoms with van der Waals surface area (Å²) in [4.78, 5) is 23.6. The minimum absolute atomic E-state index is 0.115. The monoisotopic (exact) mass is 230 g/mol. The van der Waals surface area contributed by atoms with Crippen LogP contribution in [-0.4, -0.2) is 52.1 Å². The molecule has 1 atom stereocenters. The van der Waals surface area contributed by atoms with E-state index >= 15 is 0 Å². The van der Waals surface area contributed by atoms with Crippen LogP contribution in [0.3, 0.4) is 0 Å². The van der Waals surface area contributed by atoms with Crippen molar-refractivity contribution in [3.05, 3.63) is 0 Å². The molecule has 1 heterocycles. The average molecular weight is 230 g/mol. The first-order chi connectivity index (χ1) is 7.16. The first-order valence-corrected chi connectivity index (χ1v) is 6.04. The Morgan fingerprint density at radius 3 is 2.80 bits per heavy atom. The lowest BCUT2D eigenvalue weighted by Gasteiger charge is -2.17. The molecule has 1 saturated heterocycles. The quantitative estimate of drug-likeness (QED) is 0.684. The number of rotatable bonds is 5. The number of carbonyl (C=O) groups excluding carboxylic acids is 2. The highest BCUT2D eigenvalue weighted by atomic mass is 32.2. The van der Waals surface area contributed by atoms with Crippen molar-refractivity contribution in [1.82, 2.24) is 10.2 Å². The Balaban J connectivity index is 1.73. The van der Waals surface area contributed by atoms with Crippen molar-refractivity contribution >= 4 is 22.9 Å². The SMILES string of the molecule is O=C1CSC(=O)N1CC(O)CNC1CC1. The molecule has 6 heteroatoms. The third-order valence-electron chi connectivity index (χ3n) is 2.45. The van der Waals surface area contributed by atoms with Crippen LogP contribution in [0.4, 0.5) is 4.79 Å². The fourth-order valence-corrected chi connectivity index (χ4v) is 2.16. The maximum atomic E-state index is 11.2. The third-order valence-corrected chi connectivity index (χ3v) is 3.31. The Kier molecular flexibility index (Phi) is 3.28. The number of imide groups is 1. The van der Waals surface area contributed by atoms with E-state index in [0.29, 0.717) is 12.6 Å². The van der Waals surface area contributed by atoms with Gasteiger partial charge < -0.3 is 10.4 Å². The Hall–Kier alpha value is -0.590. The number of nitrogens with zero attached hydrogens (tertiary/aromatic N) is 1. The van der Waals surface area contributed by atoms with Gasteiger partial charge >= 0.3 is 0 Å². The zero-order chi connectivity index (χ0) is 10.8. The van der Waals surface area contributed by atoms with Gasteiger partial charge in [-0.25, -0.2) is 0 Å². The van der Waals surface area contributed by atoms with Gasteiger partial charge in [0, 0.05) is 12.6 Å². The molecule has 0 bridgehead atoms. The van der Waals surface area contributed by atoms with Crippen molar-refractivity contribution < 1.29 is 14.7 Å². The number of hydrogen-bond donors (Lipinski definition) is 2. The molecular formula is C9H14N2O3S. The molecule has 1 aliphatic heterocycles. The number of thioether (sulfide) groups is 1. The predicted octanol–water partition coefficient (Wildman–Crippen LogP) is -0.205. The summed E-state index contributed by atoms with van der Waals surface area (Å²) in [6, 6.07) is 0.527. The molecule has 0 aromatic heterocycles. The highest BCUT2D eigenvalue weighted by molar-refractivity contribution is 8.14.